The number of hydrogen-bond donors (Lipinski definition) is 1. The van der Waals surface area contributed by atoms with Crippen LogP contribution in [0.4, 0.5) is 0 Å². The number of rotatable bonds is 9. The molecule has 1 aliphatic heterocycles. The number of hydrogen-bond acceptors (Lipinski definition) is 3. The quantitative estimate of drug-likeness (QED) is 0.421. The van der Waals surface area contributed by atoms with Gasteiger partial charge in [-0.25, -0.2) is 0 Å². The van der Waals surface area contributed by atoms with Crippen molar-refractivity contribution in [2.75, 3.05) is 6.54 Å². The lowest BCUT2D eigenvalue weighted by Gasteiger charge is -2.24. The third kappa shape index (κ3) is 6.64. The first-order valence-corrected chi connectivity index (χ1v) is 12.2. The molecule has 35 heavy (non-hydrogen) atoms. The molecule has 0 aliphatic carbocycles. The van der Waals surface area contributed by atoms with E-state index in [-0.39, 0.29) is 31.0 Å². The van der Waals surface area contributed by atoms with Gasteiger partial charge < -0.3 is 14.7 Å². The number of halogens is 1. The lowest BCUT2D eigenvalue weighted by Crippen LogP contribution is -2.35. The molecule has 6 heteroatoms. The number of aliphatic carboxylic acids is 1. The number of carboxylic acid groups (broad SMARTS) is 1. The Morgan fingerprint density at radius 2 is 1.66 bits per heavy atom. The van der Waals surface area contributed by atoms with Gasteiger partial charge in [0.1, 0.15) is 17.9 Å². The first-order chi connectivity index (χ1) is 16.7. The molecule has 0 aromatic heterocycles. The molecule has 3 aromatic rings. The van der Waals surface area contributed by atoms with Gasteiger partial charge in [0.15, 0.2) is 0 Å². The monoisotopic (exact) mass is 491 g/mol. The molecule has 1 aliphatic rings. The smallest absolute Gasteiger partial charge is 0.323 e. The summed E-state index contributed by atoms with van der Waals surface area (Å²) in [7, 11) is 0. The van der Waals surface area contributed by atoms with Gasteiger partial charge in [0.2, 0.25) is 5.91 Å². The molecule has 0 fully saturated rings. The highest BCUT2D eigenvalue weighted by Crippen LogP contribution is 2.37. The first-order valence-electron chi connectivity index (χ1n) is 11.8. The number of carboxylic acids is 1. The van der Waals surface area contributed by atoms with Crippen LogP contribution in [0.1, 0.15) is 41.2 Å². The summed E-state index contributed by atoms with van der Waals surface area (Å²) in [5.41, 5.74) is 5.05. The molecule has 1 N–H and O–H groups in total. The number of benzene rings is 3. The fraction of sp³-hybridized carbons (Fsp3) is 0.310. The summed E-state index contributed by atoms with van der Waals surface area (Å²) in [5.74, 6) is -0.305. The Labute approximate surface area is 211 Å². The highest BCUT2D eigenvalue weighted by molar-refractivity contribution is 6.30. The second-order valence-electron chi connectivity index (χ2n) is 9.60. The molecular formula is C29H30ClNO4. The summed E-state index contributed by atoms with van der Waals surface area (Å²) in [4.78, 5) is 25.7. The molecule has 0 saturated carbocycles. The van der Waals surface area contributed by atoms with Gasteiger partial charge in [0.05, 0.1) is 0 Å². The molecule has 0 saturated heterocycles. The van der Waals surface area contributed by atoms with E-state index in [9.17, 15) is 14.7 Å². The third-order valence-corrected chi connectivity index (χ3v) is 6.59. The minimum atomic E-state index is -1.01. The number of ether oxygens (including phenoxy) is 1. The second-order valence-corrected chi connectivity index (χ2v) is 10.0. The fourth-order valence-corrected chi connectivity index (χ4v) is 4.71. The van der Waals surface area contributed by atoms with Crippen molar-refractivity contribution in [1.82, 2.24) is 4.90 Å². The van der Waals surface area contributed by atoms with Crippen LogP contribution >= 0.6 is 11.6 Å². The van der Waals surface area contributed by atoms with Crippen LogP contribution < -0.4 is 4.74 Å². The molecule has 0 spiro atoms. The maximum absolute atomic E-state index is 12.9. The van der Waals surface area contributed by atoms with Crippen LogP contribution in [0.15, 0.2) is 66.7 Å². The van der Waals surface area contributed by atoms with Gasteiger partial charge in [0, 0.05) is 30.8 Å². The molecule has 1 unspecified atom stereocenters. The normalized spacial score (nSPS) is 16.4. The van der Waals surface area contributed by atoms with Crippen molar-refractivity contribution in [3.8, 4) is 5.75 Å². The Bertz CT molecular complexity index is 1210. The molecule has 0 radical (unpaired) electrons. The summed E-state index contributed by atoms with van der Waals surface area (Å²) >= 11 is 6.01. The molecule has 1 heterocycles. The van der Waals surface area contributed by atoms with Crippen LogP contribution in [0.2, 0.25) is 5.02 Å². The van der Waals surface area contributed by atoms with Crippen LogP contribution in [0.25, 0.3) is 0 Å². The predicted octanol–water partition coefficient (Wildman–Crippen LogP) is 5.63. The minimum absolute atomic E-state index is 0.169. The van der Waals surface area contributed by atoms with Gasteiger partial charge in [-0.3, -0.25) is 9.59 Å². The molecule has 3 aromatic carbocycles. The average molecular weight is 492 g/mol. The van der Waals surface area contributed by atoms with Crippen LogP contribution in [0.3, 0.4) is 0 Å². The summed E-state index contributed by atoms with van der Waals surface area (Å²) in [6.07, 6.45) is 2.35. The summed E-state index contributed by atoms with van der Waals surface area (Å²) in [6.45, 7) is 4.08. The predicted molar refractivity (Wildman–Crippen MR) is 137 cm³/mol. The minimum Gasteiger partial charge on any atom is -0.487 e. The SMILES string of the molecule is Cc1ccc(CN(CC(=O)O)C(=O)CCc2ccc3c(c2)CC(C)(Cc2ccc(Cl)cc2)O3)cc1. The maximum Gasteiger partial charge on any atom is 0.323 e. The molecule has 182 valence electrons. The molecule has 4 rings (SSSR count). The molecular weight excluding hydrogens is 462 g/mol. The van der Waals surface area contributed by atoms with Gasteiger partial charge in [-0.15, -0.1) is 0 Å². The van der Waals surface area contributed by atoms with E-state index in [0.29, 0.717) is 6.42 Å². The highest BCUT2D eigenvalue weighted by atomic mass is 35.5. The Hall–Kier alpha value is -3.31. The summed E-state index contributed by atoms with van der Waals surface area (Å²) < 4.78 is 6.29. The van der Waals surface area contributed by atoms with E-state index in [4.69, 9.17) is 16.3 Å². The molecule has 0 bridgehead atoms. The fourth-order valence-electron chi connectivity index (χ4n) is 4.58. The summed E-state index contributed by atoms with van der Waals surface area (Å²) in [6, 6.07) is 21.7. The number of nitrogens with zero attached hydrogens (tertiary/aromatic N) is 1. The number of fused-ring (bicyclic) bond motifs is 1. The largest absolute Gasteiger partial charge is 0.487 e. The van der Waals surface area contributed by atoms with Gasteiger partial charge >= 0.3 is 5.97 Å². The Kier molecular flexibility index (Phi) is 7.46. The van der Waals surface area contributed by atoms with Crippen molar-refractivity contribution in [3.05, 3.63) is 99.6 Å². The topological polar surface area (TPSA) is 66.8 Å². The van der Waals surface area contributed by atoms with Crippen molar-refractivity contribution >= 4 is 23.5 Å². The zero-order valence-electron chi connectivity index (χ0n) is 20.1. The van der Waals surface area contributed by atoms with Crippen molar-refractivity contribution in [1.29, 1.82) is 0 Å². The van der Waals surface area contributed by atoms with Gasteiger partial charge in [-0.1, -0.05) is 65.7 Å². The van der Waals surface area contributed by atoms with Crippen LogP contribution in [0, 0.1) is 6.92 Å². The standard InChI is InChI=1S/C29H30ClNO4/c1-20-3-5-23(6-4-20)18-31(19-28(33)34)27(32)14-10-21-9-13-26-24(15-21)17-29(2,35-26)16-22-7-11-25(30)12-8-22/h3-9,11-13,15H,10,14,16-19H2,1-2H3,(H,33,34). The van der Waals surface area contributed by atoms with Crippen LogP contribution in [-0.4, -0.2) is 34.0 Å². The zero-order valence-corrected chi connectivity index (χ0v) is 20.8. The van der Waals surface area contributed by atoms with Crippen molar-refractivity contribution in [2.45, 2.75) is 51.7 Å². The maximum atomic E-state index is 12.9. The Morgan fingerprint density at radius 1 is 1.00 bits per heavy atom. The van der Waals surface area contributed by atoms with E-state index in [2.05, 4.69) is 13.0 Å². The average Bonchev–Trinajstić information content (AvgIpc) is 3.14. The van der Waals surface area contributed by atoms with E-state index >= 15 is 0 Å². The Balaban J connectivity index is 1.38. The van der Waals surface area contributed by atoms with E-state index in [1.807, 2.05) is 67.6 Å². The van der Waals surface area contributed by atoms with Crippen molar-refractivity contribution < 1.29 is 19.4 Å². The van der Waals surface area contributed by atoms with E-state index < -0.39 is 5.97 Å². The van der Waals surface area contributed by atoms with Crippen molar-refractivity contribution in [3.63, 3.8) is 0 Å². The lowest BCUT2D eigenvalue weighted by molar-refractivity contribution is -0.144. The number of carbonyl (C=O) groups excluding carboxylic acids is 1. The third-order valence-electron chi connectivity index (χ3n) is 6.34. The van der Waals surface area contributed by atoms with Crippen LogP contribution in [-0.2, 0) is 35.4 Å². The molecule has 5 nitrogen and oxygen atoms in total. The number of aryl methyl sites for hydroxylation is 2. The zero-order chi connectivity index (χ0) is 25.0. The first kappa shape index (κ1) is 24.8. The van der Waals surface area contributed by atoms with E-state index in [1.54, 1.807) is 0 Å². The second kappa shape index (κ2) is 10.5. The Morgan fingerprint density at radius 3 is 2.34 bits per heavy atom. The lowest BCUT2D eigenvalue weighted by atomic mass is 9.91. The summed E-state index contributed by atoms with van der Waals surface area (Å²) in [5, 5.41) is 10.0. The van der Waals surface area contributed by atoms with Crippen molar-refractivity contribution in [2.24, 2.45) is 0 Å². The molecule has 1 atom stereocenters. The van der Waals surface area contributed by atoms with E-state index in [1.165, 1.54) is 10.5 Å². The number of amides is 1. The van der Waals surface area contributed by atoms with Crippen LogP contribution in [0.5, 0.6) is 5.75 Å². The number of carbonyl (C=O) groups is 2. The van der Waals surface area contributed by atoms with E-state index in [0.717, 1.165) is 45.9 Å². The van der Waals surface area contributed by atoms with Gasteiger partial charge in [-0.05, 0) is 60.7 Å². The molecule has 1 amide bonds. The van der Waals surface area contributed by atoms with Gasteiger partial charge in [0.25, 0.3) is 0 Å². The van der Waals surface area contributed by atoms with Gasteiger partial charge in [-0.2, -0.15) is 0 Å². The highest BCUT2D eigenvalue weighted by Gasteiger charge is 2.35.